The Hall–Kier alpha value is -2.21. The molecule has 0 spiro atoms. The summed E-state index contributed by atoms with van der Waals surface area (Å²) in [5.41, 5.74) is 4.51. The van der Waals surface area contributed by atoms with Gasteiger partial charge >= 0.3 is 13.0 Å². The quantitative estimate of drug-likeness (QED) is 0.613. The summed E-state index contributed by atoms with van der Waals surface area (Å²) in [5.74, 6) is -0.173. The summed E-state index contributed by atoms with van der Waals surface area (Å²) < 4.78 is 4.91. The second-order valence-corrected chi connectivity index (χ2v) is 12.7. The highest BCUT2D eigenvalue weighted by atomic mass is 28.3. The van der Waals surface area contributed by atoms with E-state index < -0.39 is 8.07 Å². The van der Waals surface area contributed by atoms with E-state index in [9.17, 15) is 4.79 Å². The van der Waals surface area contributed by atoms with Gasteiger partial charge in [0, 0.05) is 29.0 Å². The lowest BCUT2D eigenvalue weighted by Crippen LogP contribution is -2.42. The molecule has 1 aliphatic rings. The highest BCUT2D eigenvalue weighted by Crippen LogP contribution is 2.36. The van der Waals surface area contributed by atoms with E-state index >= 15 is 0 Å². The predicted octanol–water partition coefficient (Wildman–Crippen LogP) is 4.53. The number of esters is 1. The molecule has 0 amide bonds. The molecule has 25 heavy (non-hydrogen) atoms. The Labute approximate surface area is 150 Å². The maximum Gasteiger partial charge on any atom is 0.378 e. The summed E-state index contributed by atoms with van der Waals surface area (Å²) in [5, 5.41) is 9.55. The van der Waals surface area contributed by atoms with E-state index in [2.05, 4.69) is 78.3 Å². The van der Waals surface area contributed by atoms with Crippen molar-refractivity contribution >= 4 is 43.2 Å². The number of allylic oxidation sites excluding steroid dienone is 1. The van der Waals surface area contributed by atoms with Gasteiger partial charge in [0.15, 0.2) is 0 Å². The zero-order valence-corrected chi connectivity index (χ0v) is 16.3. The Morgan fingerprint density at radius 1 is 1.16 bits per heavy atom. The topological polar surface area (TPSA) is 50.4 Å². The molecule has 6 heteroatoms. The van der Waals surface area contributed by atoms with Gasteiger partial charge in [-0.15, -0.1) is 0 Å². The molecule has 0 aromatic heterocycles. The standard InChI is InChI=1S/C19H25BN2O2Si/c1-24-18(23)13-15(11-12-25(2,3)4)20-21-16-9-5-7-14-8-6-10-17(22-20)19(14)16/h5-12,15,21-22H,13H2,1-4H3/b12-11+/t15-/m0/s1. The molecule has 0 aliphatic carbocycles. The van der Waals surface area contributed by atoms with Crippen LogP contribution < -0.4 is 10.5 Å². The number of hydrogen-bond donors (Lipinski definition) is 2. The SMILES string of the molecule is COC(=O)C[C@H](/C=C/[Si](C)(C)C)B1Nc2cccc3cccc(c23)N1. The summed E-state index contributed by atoms with van der Waals surface area (Å²) in [7, 11) is 0.0903. The number of benzene rings is 2. The van der Waals surface area contributed by atoms with Crippen LogP contribution in [-0.2, 0) is 9.53 Å². The van der Waals surface area contributed by atoms with Gasteiger partial charge in [-0.2, -0.15) is 0 Å². The van der Waals surface area contributed by atoms with Crippen molar-refractivity contribution in [2.45, 2.75) is 31.9 Å². The van der Waals surface area contributed by atoms with Crippen molar-refractivity contribution in [3.05, 3.63) is 48.2 Å². The summed E-state index contributed by atoms with van der Waals surface area (Å²) >= 11 is 0. The highest BCUT2D eigenvalue weighted by Gasteiger charge is 2.32. The lowest BCUT2D eigenvalue weighted by Gasteiger charge is -2.30. The number of rotatable bonds is 5. The lowest BCUT2D eigenvalue weighted by atomic mass is 9.59. The second-order valence-electron chi connectivity index (χ2n) is 7.64. The van der Waals surface area contributed by atoms with Crippen LogP contribution >= 0.6 is 0 Å². The second kappa shape index (κ2) is 6.96. The first-order chi connectivity index (χ1) is 11.9. The molecule has 2 aromatic rings. The molecular formula is C19H25BN2O2Si. The van der Waals surface area contributed by atoms with Crippen LogP contribution in [0.15, 0.2) is 48.2 Å². The molecule has 2 aromatic carbocycles. The van der Waals surface area contributed by atoms with Gasteiger partial charge in [0.25, 0.3) is 0 Å². The van der Waals surface area contributed by atoms with Crippen molar-refractivity contribution in [1.82, 2.24) is 0 Å². The molecule has 0 fully saturated rings. The van der Waals surface area contributed by atoms with E-state index in [-0.39, 0.29) is 18.8 Å². The van der Waals surface area contributed by atoms with Gasteiger partial charge in [-0.1, -0.05) is 55.7 Å². The number of ether oxygens (including phenoxy) is 1. The summed E-state index contributed by atoms with van der Waals surface area (Å²) in [4.78, 5) is 11.9. The van der Waals surface area contributed by atoms with E-state index in [0.29, 0.717) is 6.42 Å². The van der Waals surface area contributed by atoms with Crippen LogP contribution in [-0.4, -0.2) is 28.1 Å². The summed E-state index contributed by atoms with van der Waals surface area (Å²) in [6.45, 7) is 6.82. The maximum absolute atomic E-state index is 11.9. The fourth-order valence-electron chi connectivity index (χ4n) is 3.15. The fourth-order valence-corrected chi connectivity index (χ4v) is 3.98. The van der Waals surface area contributed by atoms with Gasteiger partial charge in [0.1, 0.15) is 0 Å². The molecular weight excluding hydrogens is 327 g/mol. The van der Waals surface area contributed by atoms with Gasteiger partial charge in [-0.05, 0) is 17.5 Å². The molecule has 1 atom stereocenters. The number of methoxy groups -OCH3 is 1. The lowest BCUT2D eigenvalue weighted by molar-refractivity contribution is -0.140. The first kappa shape index (κ1) is 17.6. The average molecular weight is 352 g/mol. The Kier molecular flexibility index (Phi) is 4.90. The summed E-state index contributed by atoms with van der Waals surface area (Å²) in [6.07, 6.45) is 2.53. The van der Waals surface area contributed by atoms with Crippen molar-refractivity contribution in [1.29, 1.82) is 0 Å². The van der Waals surface area contributed by atoms with Gasteiger partial charge in [0.2, 0.25) is 0 Å². The fraction of sp³-hybridized carbons (Fsp3) is 0.316. The minimum atomic E-state index is -1.35. The zero-order valence-electron chi connectivity index (χ0n) is 15.3. The average Bonchev–Trinajstić information content (AvgIpc) is 2.58. The van der Waals surface area contributed by atoms with E-state index in [1.165, 1.54) is 17.9 Å². The summed E-state index contributed by atoms with van der Waals surface area (Å²) in [6, 6.07) is 12.5. The third-order valence-electron chi connectivity index (χ3n) is 4.43. The Morgan fingerprint density at radius 2 is 1.76 bits per heavy atom. The third-order valence-corrected chi connectivity index (χ3v) is 5.62. The molecule has 4 nitrogen and oxygen atoms in total. The minimum absolute atomic E-state index is 0.0165. The molecule has 2 N–H and O–H groups in total. The largest absolute Gasteiger partial charge is 0.469 e. The van der Waals surface area contributed by atoms with Crippen LogP contribution in [0.4, 0.5) is 11.4 Å². The Morgan fingerprint density at radius 3 is 2.28 bits per heavy atom. The smallest absolute Gasteiger partial charge is 0.378 e. The van der Waals surface area contributed by atoms with Crippen molar-refractivity contribution in [2.24, 2.45) is 0 Å². The van der Waals surface area contributed by atoms with E-state index in [4.69, 9.17) is 4.74 Å². The third kappa shape index (κ3) is 4.07. The van der Waals surface area contributed by atoms with E-state index in [1.54, 1.807) is 0 Å². The van der Waals surface area contributed by atoms with Gasteiger partial charge < -0.3 is 15.2 Å². The van der Waals surface area contributed by atoms with Gasteiger partial charge in [0.05, 0.1) is 15.2 Å². The predicted molar refractivity (Wildman–Crippen MR) is 110 cm³/mol. The molecule has 0 radical (unpaired) electrons. The van der Waals surface area contributed by atoms with Crippen molar-refractivity contribution < 1.29 is 9.53 Å². The number of nitrogens with one attached hydrogen (secondary N) is 2. The molecule has 130 valence electrons. The normalized spacial score (nSPS) is 15.0. The van der Waals surface area contributed by atoms with Crippen LogP contribution in [0.1, 0.15) is 6.42 Å². The van der Waals surface area contributed by atoms with Gasteiger partial charge in [-0.3, -0.25) is 4.79 Å². The first-order valence-electron chi connectivity index (χ1n) is 8.68. The molecule has 0 unspecified atom stereocenters. The monoisotopic (exact) mass is 352 g/mol. The minimum Gasteiger partial charge on any atom is -0.469 e. The Bertz CT molecular complexity index is 776. The number of anilines is 2. The number of carbonyl (C=O) groups is 1. The van der Waals surface area contributed by atoms with E-state index in [1.807, 2.05) is 0 Å². The van der Waals surface area contributed by atoms with Crippen molar-refractivity contribution in [2.75, 3.05) is 17.6 Å². The maximum atomic E-state index is 11.9. The number of hydrogen-bond acceptors (Lipinski definition) is 4. The molecule has 0 saturated heterocycles. The molecule has 1 heterocycles. The van der Waals surface area contributed by atoms with Crippen LogP contribution in [0.5, 0.6) is 0 Å². The number of carbonyl (C=O) groups excluding carboxylic acids is 1. The van der Waals surface area contributed by atoms with Crippen molar-refractivity contribution in [3.8, 4) is 0 Å². The van der Waals surface area contributed by atoms with Crippen LogP contribution in [0.3, 0.4) is 0 Å². The first-order valence-corrected chi connectivity index (χ1v) is 12.3. The zero-order chi connectivity index (χ0) is 18.0. The van der Waals surface area contributed by atoms with Crippen molar-refractivity contribution in [3.63, 3.8) is 0 Å². The molecule has 0 saturated carbocycles. The molecule has 3 rings (SSSR count). The molecule has 0 bridgehead atoms. The van der Waals surface area contributed by atoms with E-state index in [0.717, 1.165) is 11.4 Å². The van der Waals surface area contributed by atoms with Crippen LogP contribution in [0, 0.1) is 0 Å². The highest BCUT2D eigenvalue weighted by molar-refractivity contribution is 6.81. The van der Waals surface area contributed by atoms with Gasteiger partial charge in [-0.25, -0.2) is 0 Å². The molecule has 1 aliphatic heterocycles. The Balaban J connectivity index is 1.92. The van der Waals surface area contributed by atoms with Crippen LogP contribution in [0.25, 0.3) is 10.8 Å². The van der Waals surface area contributed by atoms with Crippen LogP contribution in [0.2, 0.25) is 25.5 Å².